The first kappa shape index (κ1) is 18.3. The van der Waals surface area contributed by atoms with Crippen LogP contribution < -0.4 is 4.90 Å². The van der Waals surface area contributed by atoms with Gasteiger partial charge in [0.15, 0.2) is 5.13 Å². The van der Waals surface area contributed by atoms with Gasteiger partial charge >= 0.3 is 0 Å². The topological polar surface area (TPSA) is 54.3 Å². The zero-order chi connectivity index (χ0) is 19.1. The fourth-order valence-corrected chi connectivity index (χ4v) is 4.80. The van der Waals surface area contributed by atoms with Crippen molar-refractivity contribution < 1.29 is 4.79 Å². The maximum Gasteiger partial charge on any atom is 0.244 e. The summed E-state index contributed by atoms with van der Waals surface area (Å²) in [6.45, 7) is 9.22. The maximum absolute atomic E-state index is 12.6. The number of nitrogens with zero attached hydrogens (tertiary/aromatic N) is 5. The number of aryl methyl sites for hydroxylation is 3. The van der Waals surface area contributed by atoms with Crippen molar-refractivity contribution in [2.75, 3.05) is 31.1 Å². The molecule has 3 heterocycles. The molecule has 1 aliphatic heterocycles. The lowest BCUT2D eigenvalue weighted by Crippen LogP contribution is -2.49. The predicted octanol–water partition coefficient (Wildman–Crippen LogP) is 3.42. The van der Waals surface area contributed by atoms with Crippen LogP contribution in [0, 0.1) is 20.8 Å². The number of piperazine rings is 1. The minimum absolute atomic E-state index is 0.115. The number of fused-ring (bicyclic) bond motifs is 1. The summed E-state index contributed by atoms with van der Waals surface area (Å²) in [4.78, 5) is 21.6. The van der Waals surface area contributed by atoms with Crippen molar-refractivity contribution in [3.8, 4) is 0 Å². The van der Waals surface area contributed by atoms with Gasteiger partial charge < -0.3 is 9.80 Å². The standard InChI is InChI=1S/C19H22ClN5OS/c1-12-4-5-15(20)18-17(12)21-19(27-18)24-8-6-23(7-9-24)16(26)11-25-14(3)10-13(2)22-25/h4-5,10H,6-9,11H2,1-3H3. The molecule has 0 radical (unpaired) electrons. The van der Waals surface area contributed by atoms with Crippen molar-refractivity contribution in [2.45, 2.75) is 27.3 Å². The summed E-state index contributed by atoms with van der Waals surface area (Å²) in [6, 6.07) is 5.92. The fourth-order valence-electron chi connectivity index (χ4n) is 3.44. The van der Waals surface area contributed by atoms with Gasteiger partial charge in [-0.1, -0.05) is 29.0 Å². The smallest absolute Gasteiger partial charge is 0.244 e. The summed E-state index contributed by atoms with van der Waals surface area (Å²) in [5.74, 6) is 0.115. The van der Waals surface area contributed by atoms with Crippen molar-refractivity contribution in [2.24, 2.45) is 0 Å². The second kappa shape index (κ2) is 7.13. The van der Waals surface area contributed by atoms with Gasteiger partial charge in [-0.15, -0.1) is 0 Å². The second-order valence-electron chi connectivity index (χ2n) is 6.99. The second-order valence-corrected chi connectivity index (χ2v) is 8.38. The van der Waals surface area contributed by atoms with Crippen molar-refractivity contribution in [1.82, 2.24) is 19.7 Å². The highest BCUT2D eigenvalue weighted by Crippen LogP contribution is 2.35. The molecule has 27 heavy (non-hydrogen) atoms. The maximum atomic E-state index is 12.6. The summed E-state index contributed by atoms with van der Waals surface area (Å²) < 4.78 is 2.82. The molecule has 0 aliphatic carbocycles. The van der Waals surface area contributed by atoms with Gasteiger partial charge in [0.25, 0.3) is 0 Å². The van der Waals surface area contributed by atoms with Gasteiger partial charge in [-0.05, 0) is 38.5 Å². The van der Waals surface area contributed by atoms with Crippen LogP contribution in [0.5, 0.6) is 0 Å². The molecule has 8 heteroatoms. The lowest BCUT2D eigenvalue weighted by atomic mass is 10.2. The Labute approximate surface area is 167 Å². The Balaban J connectivity index is 1.43. The zero-order valence-electron chi connectivity index (χ0n) is 15.7. The predicted molar refractivity (Wildman–Crippen MR) is 110 cm³/mol. The summed E-state index contributed by atoms with van der Waals surface area (Å²) in [6.07, 6.45) is 0. The van der Waals surface area contributed by atoms with E-state index in [4.69, 9.17) is 16.6 Å². The number of carbonyl (C=O) groups excluding carboxylic acids is 1. The molecule has 0 spiro atoms. The Bertz CT molecular complexity index is 964. The molecule has 0 unspecified atom stereocenters. The summed E-state index contributed by atoms with van der Waals surface area (Å²) in [5.41, 5.74) is 4.07. The molecule has 0 N–H and O–H groups in total. The lowest BCUT2D eigenvalue weighted by Gasteiger charge is -2.34. The van der Waals surface area contributed by atoms with E-state index in [9.17, 15) is 4.79 Å². The van der Waals surface area contributed by atoms with E-state index in [0.717, 1.165) is 50.4 Å². The van der Waals surface area contributed by atoms with Crippen LogP contribution in [0.3, 0.4) is 0 Å². The molecule has 6 nitrogen and oxygen atoms in total. The molecule has 4 rings (SSSR count). The average Bonchev–Trinajstić information content (AvgIpc) is 3.23. The first-order chi connectivity index (χ1) is 12.9. The number of amides is 1. The molecule has 2 aromatic heterocycles. The highest BCUT2D eigenvalue weighted by molar-refractivity contribution is 7.22. The fraction of sp³-hybridized carbons (Fsp3) is 0.421. The van der Waals surface area contributed by atoms with Gasteiger partial charge in [-0.2, -0.15) is 5.10 Å². The molecular weight excluding hydrogens is 382 g/mol. The van der Waals surface area contributed by atoms with Gasteiger partial charge in [-0.25, -0.2) is 4.98 Å². The quantitative estimate of drug-likeness (QED) is 0.672. The van der Waals surface area contributed by atoms with Gasteiger partial charge in [0.05, 0.1) is 20.9 Å². The van der Waals surface area contributed by atoms with E-state index in [2.05, 4.69) is 16.9 Å². The summed E-state index contributed by atoms with van der Waals surface area (Å²) >= 11 is 7.96. The molecule has 1 saturated heterocycles. The first-order valence-electron chi connectivity index (χ1n) is 9.02. The van der Waals surface area contributed by atoms with Crippen LogP contribution in [-0.4, -0.2) is 51.8 Å². The highest BCUT2D eigenvalue weighted by Gasteiger charge is 2.24. The molecule has 1 aliphatic rings. The van der Waals surface area contributed by atoms with Gasteiger partial charge in [0.2, 0.25) is 5.91 Å². The number of aromatic nitrogens is 3. The Morgan fingerprint density at radius 2 is 1.93 bits per heavy atom. The average molecular weight is 404 g/mol. The number of thiazole rings is 1. The Morgan fingerprint density at radius 3 is 2.56 bits per heavy atom. The number of carbonyl (C=O) groups is 1. The van der Waals surface area contributed by atoms with E-state index in [1.807, 2.05) is 36.9 Å². The number of rotatable bonds is 3. The van der Waals surface area contributed by atoms with Gasteiger partial charge in [0, 0.05) is 31.9 Å². The monoisotopic (exact) mass is 403 g/mol. The third-order valence-corrected chi connectivity index (χ3v) is 6.55. The van der Waals surface area contributed by atoms with Gasteiger partial charge in [0.1, 0.15) is 6.54 Å². The van der Waals surface area contributed by atoms with Crippen LogP contribution in [0.25, 0.3) is 10.2 Å². The zero-order valence-corrected chi connectivity index (χ0v) is 17.3. The minimum Gasteiger partial charge on any atom is -0.345 e. The molecule has 1 aromatic carbocycles. The normalized spacial score (nSPS) is 15.0. The minimum atomic E-state index is 0.115. The molecule has 142 valence electrons. The molecular formula is C19H22ClN5OS. The van der Waals surface area contributed by atoms with Crippen molar-refractivity contribution in [1.29, 1.82) is 0 Å². The van der Waals surface area contributed by atoms with E-state index in [1.165, 1.54) is 0 Å². The van der Waals surface area contributed by atoms with E-state index < -0.39 is 0 Å². The molecule has 3 aromatic rings. The third-order valence-electron chi connectivity index (χ3n) is 4.98. The Hall–Kier alpha value is -2.12. The largest absolute Gasteiger partial charge is 0.345 e. The summed E-state index contributed by atoms with van der Waals surface area (Å²) in [7, 11) is 0. The summed E-state index contributed by atoms with van der Waals surface area (Å²) in [5, 5.41) is 6.11. The van der Waals surface area contributed by atoms with Crippen molar-refractivity contribution in [3.63, 3.8) is 0 Å². The highest BCUT2D eigenvalue weighted by atomic mass is 35.5. The van der Waals surface area contributed by atoms with Crippen LogP contribution in [0.4, 0.5) is 5.13 Å². The van der Waals surface area contributed by atoms with E-state index in [0.29, 0.717) is 19.6 Å². The number of halogens is 1. The van der Waals surface area contributed by atoms with E-state index in [1.54, 1.807) is 16.0 Å². The molecule has 0 saturated carbocycles. The van der Waals surface area contributed by atoms with Crippen LogP contribution in [0.2, 0.25) is 5.02 Å². The number of anilines is 1. The molecule has 0 atom stereocenters. The SMILES string of the molecule is Cc1cc(C)n(CC(=O)N2CCN(c3nc4c(C)ccc(Cl)c4s3)CC2)n1. The van der Waals surface area contributed by atoms with Crippen LogP contribution in [-0.2, 0) is 11.3 Å². The van der Waals surface area contributed by atoms with E-state index in [-0.39, 0.29) is 5.91 Å². The number of benzene rings is 1. The van der Waals surface area contributed by atoms with Crippen LogP contribution in [0.1, 0.15) is 17.0 Å². The Kier molecular flexibility index (Phi) is 4.82. The molecule has 1 fully saturated rings. The Morgan fingerprint density at radius 1 is 1.19 bits per heavy atom. The van der Waals surface area contributed by atoms with Crippen molar-refractivity contribution in [3.05, 3.63) is 40.2 Å². The van der Waals surface area contributed by atoms with E-state index >= 15 is 0 Å². The van der Waals surface area contributed by atoms with Crippen LogP contribution >= 0.6 is 22.9 Å². The molecule has 0 bridgehead atoms. The molecule has 1 amide bonds. The van der Waals surface area contributed by atoms with Crippen molar-refractivity contribution >= 4 is 44.2 Å². The van der Waals surface area contributed by atoms with Gasteiger partial charge in [-0.3, -0.25) is 9.48 Å². The number of hydrogen-bond acceptors (Lipinski definition) is 5. The third kappa shape index (κ3) is 3.53. The lowest BCUT2D eigenvalue weighted by molar-refractivity contribution is -0.132. The first-order valence-corrected chi connectivity index (χ1v) is 10.2. The number of hydrogen-bond donors (Lipinski definition) is 0. The van der Waals surface area contributed by atoms with Crippen LogP contribution in [0.15, 0.2) is 18.2 Å².